The highest BCUT2D eigenvalue weighted by Gasteiger charge is 2.55. The summed E-state index contributed by atoms with van der Waals surface area (Å²) in [5, 5.41) is 2.87. The third-order valence-corrected chi connectivity index (χ3v) is 6.09. The zero-order valence-corrected chi connectivity index (χ0v) is 16.7. The summed E-state index contributed by atoms with van der Waals surface area (Å²) in [6, 6.07) is 3.81. The number of carbonyl (C=O) groups is 3. The van der Waals surface area contributed by atoms with Gasteiger partial charge in [-0.15, -0.1) is 0 Å². The van der Waals surface area contributed by atoms with Gasteiger partial charge in [-0.3, -0.25) is 14.5 Å². The highest BCUT2D eigenvalue weighted by Crippen LogP contribution is 2.39. The van der Waals surface area contributed by atoms with Gasteiger partial charge in [-0.1, -0.05) is 37.0 Å². The Morgan fingerprint density at radius 3 is 2.26 bits per heavy atom. The maximum atomic E-state index is 12.9. The predicted octanol–water partition coefficient (Wildman–Crippen LogP) is 2.82. The van der Waals surface area contributed by atoms with E-state index in [1.165, 1.54) is 5.56 Å². The van der Waals surface area contributed by atoms with E-state index < -0.39 is 5.54 Å². The van der Waals surface area contributed by atoms with E-state index in [0.717, 1.165) is 40.9 Å². The molecule has 0 atom stereocenters. The Labute approximate surface area is 160 Å². The van der Waals surface area contributed by atoms with E-state index in [1.54, 1.807) is 11.9 Å². The molecule has 146 valence electrons. The summed E-state index contributed by atoms with van der Waals surface area (Å²) in [5.74, 6) is -0.523. The first-order valence-corrected chi connectivity index (χ1v) is 9.69. The topological polar surface area (TPSA) is 69.7 Å². The molecule has 3 rings (SSSR count). The molecular weight excluding hydrogens is 342 g/mol. The first-order valence-electron chi connectivity index (χ1n) is 9.69. The molecule has 1 aliphatic carbocycles. The van der Waals surface area contributed by atoms with Gasteiger partial charge < -0.3 is 10.2 Å². The molecule has 1 N–H and O–H groups in total. The van der Waals surface area contributed by atoms with Crippen molar-refractivity contribution in [3.8, 4) is 0 Å². The van der Waals surface area contributed by atoms with Crippen LogP contribution in [0.1, 0.15) is 54.4 Å². The molecule has 0 bridgehead atoms. The normalized spacial score (nSPS) is 19.1. The van der Waals surface area contributed by atoms with Crippen molar-refractivity contribution < 1.29 is 14.4 Å². The molecule has 1 aromatic rings. The largest absolute Gasteiger partial charge is 0.350 e. The second kappa shape index (κ2) is 7.33. The molecule has 0 radical (unpaired) electrons. The van der Waals surface area contributed by atoms with Gasteiger partial charge in [0.05, 0.1) is 0 Å². The Morgan fingerprint density at radius 2 is 1.67 bits per heavy atom. The first kappa shape index (κ1) is 19.4. The van der Waals surface area contributed by atoms with Crippen molar-refractivity contribution in [2.24, 2.45) is 0 Å². The Balaban J connectivity index is 1.66. The lowest BCUT2D eigenvalue weighted by Crippen LogP contribution is -2.49. The molecule has 1 aromatic carbocycles. The third-order valence-electron chi connectivity index (χ3n) is 6.09. The third kappa shape index (κ3) is 3.45. The van der Waals surface area contributed by atoms with Crippen LogP contribution in [0.15, 0.2) is 12.1 Å². The van der Waals surface area contributed by atoms with Crippen LogP contribution in [0.5, 0.6) is 0 Å². The fourth-order valence-electron chi connectivity index (χ4n) is 4.55. The highest BCUT2D eigenvalue weighted by atomic mass is 16.2. The van der Waals surface area contributed by atoms with Gasteiger partial charge in [0.1, 0.15) is 12.1 Å². The van der Waals surface area contributed by atoms with Gasteiger partial charge in [-0.25, -0.2) is 4.79 Å². The molecule has 2 aliphatic rings. The number of likely N-dealkylation sites (N-methyl/N-ethyl adjacent to an activating group) is 1. The molecule has 1 saturated carbocycles. The fourth-order valence-corrected chi connectivity index (χ4v) is 4.55. The minimum Gasteiger partial charge on any atom is -0.350 e. The Morgan fingerprint density at radius 1 is 1.07 bits per heavy atom. The van der Waals surface area contributed by atoms with E-state index in [-0.39, 0.29) is 24.4 Å². The summed E-state index contributed by atoms with van der Waals surface area (Å²) < 4.78 is 0. The lowest BCUT2D eigenvalue weighted by atomic mass is 9.81. The van der Waals surface area contributed by atoms with Gasteiger partial charge in [0.2, 0.25) is 5.91 Å². The quantitative estimate of drug-likeness (QED) is 0.828. The monoisotopic (exact) mass is 371 g/mol. The van der Waals surface area contributed by atoms with Gasteiger partial charge in [0.15, 0.2) is 0 Å². The number of hydrogen-bond acceptors (Lipinski definition) is 3. The number of rotatable bonds is 4. The summed E-state index contributed by atoms with van der Waals surface area (Å²) in [6.45, 7) is 6.28. The van der Waals surface area contributed by atoms with Gasteiger partial charge in [0.25, 0.3) is 5.91 Å². The van der Waals surface area contributed by atoms with Crippen molar-refractivity contribution in [2.45, 2.75) is 65.0 Å². The first-order chi connectivity index (χ1) is 12.8. The van der Waals surface area contributed by atoms with Crippen molar-refractivity contribution in [3.05, 3.63) is 34.4 Å². The van der Waals surface area contributed by atoms with Crippen LogP contribution in [0.4, 0.5) is 4.79 Å². The number of amides is 4. The number of imide groups is 1. The molecule has 27 heavy (non-hydrogen) atoms. The smallest absolute Gasteiger partial charge is 0.327 e. The van der Waals surface area contributed by atoms with Crippen LogP contribution < -0.4 is 5.32 Å². The molecule has 1 saturated heterocycles. The minimum absolute atomic E-state index is 0.215. The van der Waals surface area contributed by atoms with Gasteiger partial charge in [-0.05, 0) is 50.3 Å². The van der Waals surface area contributed by atoms with Crippen LogP contribution in [0, 0.1) is 20.8 Å². The van der Waals surface area contributed by atoms with Crippen LogP contribution in [-0.4, -0.2) is 46.8 Å². The number of urea groups is 1. The fraction of sp³-hybridized carbons (Fsp3) is 0.571. The lowest BCUT2D eigenvalue weighted by Gasteiger charge is -2.35. The summed E-state index contributed by atoms with van der Waals surface area (Å²) >= 11 is 0. The second-order valence-corrected chi connectivity index (χ2v) is 7.98. The number of nitrogens with zero attached hydrogens (tertiary/aromatic N) is 2. The summed E-state index contributed by atoms with van der Waals surface area (Å²) in [6.07, 6.45) is 4.35. The van der Waals surface area contributed by atoms with E-state index in [0.29, 0.717) is 19.4 Å². The van der Waals surface area contributed by atoms with Crippen LogP contribution in [0.2, 0.25) is 0 Å². The Hall–Kier alpha value is -2.37. The van der Waals surface area contributed by atoms with Crippen LogP contribution in [0.25, 0.3) is 0 Å². The van der Waals surface area contributed by atoms with Crippen molar-refractivity contribution in [2.75, 3.05) is 13.6 Å². The Kier molecular flexibility index (Phi) is 5.27. The summed E-state index contributed by atoms with van der Waals surface area (Å²) in [7, 11) is 1.68. The molecule has 4 amide bonds. The number of benzene rings is 1. The van der Waals surface area contributed by atoms with Gasteiger partial charge >= 0.3 is 6.03 Å². The SMILES string of the molecule is Cc1cc(C)c(CNC(=O)CN2C(=O)N(C)C3(CCCCC3)C2=O)c(C)c1. The molecule has 1 spiro atoms. The molecule has 0 aromatic heterocycles. The second-order valence-electron chi connectivity index (χ2n) is 7.98. The molecule has 6 heteroatoms. The average molecular weight is 371 g/mol. The number of aryl methyl sites for hydroxylation is 3. The van der Waals surface area contributed by atoms with Crippen LogP contribution in [-0.2, 0) is 16.1 Å². The zero-order chi connectivity index (χ0) is 19.8. The molecule has 0 unspecified atom stereocenters. The predicted molar refractivity (Wildman–Crippen MR) is 103 cm³/mol. The van der Waals surface area contributed by atoms with Crippen molar-refractivity contribution in [1.29, 1.82) is 0 Å². The molecule has 1 aliphatic heterocycles. The van der Waals surface area contributed by atoms with E-state index >= 15 is 0 Å². The lowest BCUT2D eigenvalue weighted by molar-refractivity contribution is -0.137. The molecule has 6 nitrogen and oxygen atoms in total. The van der Waals surface area contributed by atoms with E-state index in [9.17, 15) is 14.4 Å². The maximum Gasteiger partial charge on any atom is 0.327 e. The van der Waals surface area contributed by atoms with E-state index in [4.69, 9.17) is 0 Å². The van der Waals surface area contributed by atoms with Crippen molar-refractivity contribution in [3.63, 3.8) is 0 Å². The number of nitrogens with one attached hydrogen (secondary N) is 1. The maximum absolute atomic E-state index is 12.9. The van der Waals surface area contributed by atoms with E-state index in [2.05, 4.69) is 17.4 Å². The van der Waals surface area contributed by atoms with Crippen LogP contribution in [0.3, 0.4) is 0 Å². The Bertz CT molecular complexity index is 758. The molecular formula is C21H29N3O3. The zero-order valence-electron chi connectivity index (χ0n) is 16.7. The standard InChI is InChI=1S/C21H29N3O3/c1-14-10-15(2)17(16(3)11-14)12-22-18(25)13-24-19(26)21(23(4)20(24)27)8-6-5-7-9-21/h10-11H,5-9,12-13H2,1-4H3,(H,22,25). The van der Waals surface area contributed by atoms with Crippen molar-refractivity contribution >= 4 is 17.8 Å². The van der Waals surface area contributed by atoms with Crippen LogP contribution >= 0.6 is 0 Å². The molecule has 1 heterocycles. The van der Waals surface area contributed by atoms with Gasteiger partial charge in [0, 0.05) is 13.6 Å². The average Bonchev–Trinajstić information content (AvgIpc) is 2.78. The summed E-state index contributed by atoms with van der Waals surface area (Å²) in [5.41, 5.74) is 3.78. The van der Waals surface area contributed by atoms with Crippen molar-refractivity contribution in [1.82, 2.24) is 15.1 Å². The molecule has 2 fully saturated rings. The van der Waals surface area contributed by atoms with Gasteiger partial charge in [-0.2, -0.15) is 0 Å². The minimum atomic E-state index is -0.736. The highest BCUT2D eigenvalue weighted by molar-refractivity contribution is 6.08. The summed E-state index contributed by atoms with van der Waals surface area (Å²) in [4.78, 5) is 40.7. The number of carbonyl (C=O) groups excluding carboxylic acids is 3. The number of hydrogen-bond donors (Lipinski definition) is 1. The van der Waals surface area contributed by atoms with E-state index in [1.807, 2.05) is 20.8 Å².